The van der Waals surface area contributed by atoms with Gasteiger partial charge in [-0.2, -0.15) is 0 Å². The number of Topliss-reactive ketones (excluding diaryl/α,β-unsaturated/α-hetero) is 2. The van der Waals surface area contributed by atoms with E-state index >= 15 is 0 Å². The lowest BCUT2D eigenvalue weighted by molar-refractivity contribution is -0.143. The molecule has 1 N–H and O–H groups in total. The average Bonchev–Trinajstić information content (AvgIpc) is 2.04. The quantitative estimate of drug-likeness (QED) is 0.374. The summed E-state index contributed by atoms with van der Waals surface area (Å²) in [4.78, 5) is 31.7. The summed E-state index contributed by atoms with van der Waals surface area (Å²) in [6.45, 7) is 0. The normalized spacial score (nSPS) is 20.2. The van der Waals surface area contributed by atoms with Crippen LogP contribution >= 0.6 is 11.9 Å². The lowest BCUT2D eigenvalue weighted by atomic mass is 10.2. The van der Waals surface area contributed by atoms with Crippen LogP contribution in [0.1, 0.15) is 6.42 Å². The van der Waals surface area contributed by atoms with Gasteiger partial charge in [-0.25, -0.2) is 0 Å². The second-order valence-corrected chi connectivity index (χ2v) is 2.68. The van der Waals surface area contributed by atoms with E-state index in [9.17, 15) is 14.4 Å². The minimum absolute atomic E-state index is 0.155. The third-order valence-electron chi connectivity index (χ3n) is 1.06. The zero-order valence-corrected chi connectivity index (χ0v) is 5.86. The molecule has 0 atom stereocenters. The van der Waals surface area contributed by atoms with E-state index in [4.69, 9.17) is 0 Å². The predicted molar refractivity (Wildman–Crippen MR) is 35.2 cm³/mol. The van der Waals surface area contributed by atoms with Crippen molar-refractivity contribution in [2.75, 3.05) is 5.75 Å². The Kier molecular flexibility index (Phi) is 2.06. The molecule has 0 aromatic heterocycles. The van der Waals surface area contributed by atoms with E-state index in [1.54, 1.807) is 0 Å². The van der Waals surface area contributed by atoms with Crippen LogP contribution in [-0.2, 0) is 14.4 Å². The lowest BCUT2D eigenvalue weighted by Crippen LogP contribution is -2.28. The van der Waals surface area contributed by atoms with Crippen molar-refractivity contribution in [2.45, 2.75) is 6.42 Å². The van der Waals surface area contributed by atoms with Gasteiger partial charge in [0.2, 0.25) is 5.78 Å². The maximum Gasteiger partial charge on any atom is 0.305 e. The van der Waals surface area contributed by atoms with Crippen LogP contribution in [0.15, 0.2) is 0 Å². The first-order valence-electron chi connectivity index (χ1n) is 2.71. The zero-order chi connectivity index (χ0) is 7.56. The first-order valence-corrected chi connectivity index (χ1v) is 3.69. The van der Waals surface area contributed by atoms with Gasteiger partial charge in [0.05, 0.1) is 0 Å². The Balaban J connectivity index is 2.74. The van der Waals surface area contributed by atoms with Crippen LogP contribution in [0, 0.1) is 0 Å². The summed E-state index contributed by atoms with van der Waals surface area (Å²) in [6, 6.07) is 0. The van der Waals surface area contributed by atoms with E-state index in [0.717, 1.165) is 11.9 Å². The molecule has 1 aliphatic heterocycles. The van der Waals surface area contributed by atoms with Gasteiger partial charge in [-0.05, 0) is 11.9 Å². The molecular weight excluding hydrogens is 154 g/mol. The molecule has 1 aliphatic rings. The van der Waals surface area contributed by atoms with Crippen molar-refractivity contribution in [3.05, 3.63) is 0 Å². The second kappa shape index (κ2) is 2.83. The van der Waals surface area contributed by atoms with Crippen LogP contribution in [0.2, 0.25) is 0 Å². The topological polar surface area (TPSA) is 63.2 Å². The van der Waals surface area contributed by atoms with E-state index in [-0.39, 0.29) is 6.42 Å². The highest BCUT2D eigenvalue weighted by Crippen LogP contribution is 2.03. The van der Waals surface area contributed by atoms with E-state index < -0.39 is 17.5 Å². The summed E-state index contributed by atoms with van der Waals surface area (Å²) in [5.74, 6) is -1.84. The Bertz CT molecular complexity index is 181. The molecule has 10 heavy (non-hydrogen) atoms. The van der Waals surface area contributed by atoms with Crippen molar-refractivity contribution < 1.29 is 14.4 Å². The van der Waals surface area contributed by atoms with Crippen LogP contribution in [-0.4, -0.2) is 23.2 Å². The molecule has 5 heteroatoms. The molecule has 54 valence electrons. The number of hydrogen-bond acceptors (Lipinski definition) is 4. The fraction of sp³-hybridized carbons (Fsp3) is 0.400. The van der Waals surface area contributed by atoms with E-state index in [2.05, 4.69) is 4.72 Å². The molecule has 0 aliphatic carbocycles. The van der Waals surface area contributed by atoms with Crippen molar-refractivity contribution in [3.8, 4) is 0 Å². The number of carbonyl (C=O) groups excluding carboxylic acids is 3. The van der Waals surface area contributed by atoms with E-state index in [1.807, 2.05) is 0 Å². The molecule has 0 saturated carbocycles. The first-order chi connectivity index (χ1) is 4.72. The summed E-state index contributed by atoms with van der Waals surface area (Å²) in [5.41, 5.74) is 0. The van der Waals surface area contributed by atoms with Crippen LogP contribution in [0.5, 0.6) is 0 Å². The van der Waals surface area contributed by atoms with Gasteiger partial charge in [0, 0.05) is 12.2 Å². The number of carbonyl (C=O) groups is 3. The van der Waals surface area contributed by atoms with Crippen molar-refractivity contribution in [1.82, 2.24) is 4.72 Å². The molecule has 0 unspecified atom stereocenters. The molecule has 0 aromatic carbocycles. The number of rotatable bonds is 0. The average molecular weight is 159 g/mol. The van der Waals surface area contributed by atoms with Gasteiger partial charge in [-0.3, -0.25) is 19.1 Å². The molecular formula is C5H5NO3S. The lowest BCUT2D eigenvalue weighted by Gasteiger charge is -1.91. The van der Waals surface area contributed by atoms with Gasteiger partial charge in [-0.15, -0.1) is 0 Å². The number of nitrogens with one attached hydrogen (secondary N) is 1. The number of ketones is 2. The maximum atomic E-state index is 10.6. The SMILES string of the molecule is O=C1CCSNC(=O)C1=O. The summed E-state index contributed by atoms with van der Waals surface area (Å²) in [5, 5.41) is 0. The Hall–Kier alpha value is -0.840. The van der Waals surface area contributed by atoms with E-state index in [1.165, 1.54) is 0 Å². The van der Waals surface area contributed by atoms with Gasteiger partial charge in [0.25, 0.3) is 5.78 Å². The summed E-state index contributed by atoms with van der Waals surface area (Å²) in [7, 11) is 0. The van der Waals surface area contributed by atoms with Crippen LogP contribution in [0.3, 0.4) is 0 Å². The monoisotopic (exact) mass is 159 g/mol. The van der Waals surface area contributed by atoms with Gasteiger partial charge in [0.1, 0.15) is 0 Å². The summed E-state index contributed by atoms with van der Waals surface area (Å²) >= 11 is 1.09. The standard InChI is InChI=1S/C5H5NO3S/c7-3-1-2-10-6-5(9)4(3)8/h1-2H2,(H,6,9). The molecule has 1 saturated heterocycles. The van der Waals surface area contributed by atoms with Crippen LogP contribution < -0.4 is 4.72 Å². The molecule has 1 rings (SSSR count). The molecule has 1 heterocycles. The molecule has 0 aromatic rings. The zero-order valence-electron chi connectivity index (χ0n) is 5.05. The van der Waals surface area contributed by atoms with E-state index in [0.29, 0.717) is 5.75 Å². The molecule has 4 nitrogen and oxygen atoms in total. The Labute approximate surface area is 61.5 Å². The molecule has 0 spiro atoms. The molecule has 0 radical (unpaired) electrons. The molecule has 0 bridgehead atoms. The smallest absolute Gasteiger partial charge is 0.293 e. The fourth-order valence-electron chi connectivity index (χ4n) is 0.547. The predicted octanol–water partition coefficient (Wildman–Crippen LogP) is -0.707. The highest BCUT2D eigenvalue weighted by atomic mass is 32.2. The third kappa shape index (κ3) is 1.36. The van der Waals surface area contributed by atoms with Crippen molar-refractivity contribution >= 4 is 29.4 Å². The largest absolute Gasteiger partial charge is 0.305 e. The van der Waals surface area contributed by atoms with Gasteiger partial charge in [-0.1, -0.05) is 0 Å². The van der Waals surface area contributed by atoms with Gasteiger partial charge >= 0.3 is 5.91 Å². The summed E-state index contributed by atoms with van der Waals surface area (Å²) < 4.78 is 2.23. The minimum Gasteiger partial charge on any atom is -0.293 e. The molecule has 1 fully saturated rings. The van der Waals surface area contributed by atoms with Crippen molar-refractivity contribution in [3.63, 3.8) is 0 Å². The highest BCUT2D eigenvalue weighted by Gasteiger charge is 2.24. The Morgan fingerprint density at radius 1 is 1.30 bits per heavy atom. The third-order valence-corrected chi connectivity index (χ3v) is 1.79. The first kappa shape index (κ1) is 7.27. The van der Waals surface area contributed by atoms with Crippen LogP contribution in [0.4, 0.5) is 0 Å². The van der Waals surface area contributed by atoms with Gasteiger partial charge in [0.15, 0.2) is 0 Å². The van der Waals surface area contributed by atoms with Crippen molar-refractivity contribution in [2.24, 2.45) is 0 Å². The highest BCUT2D eigenvalue weighted by molar-refractivity contribution is 7.98. The Morgan fingerprint density at radius 2 is 2.00 bits per heavy atom. The second-order valence-electron chi connectivity index (χ2n) is 1.78. The number of amides is 1. The Morgan fingerprint density at radius 3 is 2.70 bits per heavy atom. The van der Waals surface area contributed by atoms with Crippen LogP contribution in [0.25, 0.3) is 0 Å². The minimum atomic E-state index is -0.926. The fourth-order valence-corrected chi connectivity index (χ4v) is 1.16. The summed E-state index contributed by atoms with van der Waals surface area (Å²) in [6.07, 6.45) is 0.155. The number of hydrogen-bond donors (Lipinski definition) is 1. The van der Waals surface area contributed by atoms with Gasteiger partial charge < -0.3 is 0 Å². The molecule has 1 amide bonds. The maximum absolute atomic E-state index is 10.6. The van der Waals surface area contributed by atoms with Crippen molar-refractivity contribution in [1.29, 1.82) is 0 Å².